The summed E-state index contributed by atoms with van der Waals surface area (Å²) in [6.07, 6.45) is 8.36. The van der Waals surface area contributed by atoms with Gasteiger partial charge in [0.2, 0.25) is 15.9 Å². The number of carbonyl (C=O) groups is 2. The monoisotopic (exact) mass is 600 g/mol. The normalized spacial score (nSPS) is 18.5. The number of sulfonamides is 1. The zero-order valence-corrected chi connectivity index (χ0v) is 24.0. The summed E-state index contributed by atoms with van der Waals surface area (Å²) < 4.78 is 52.7. The second kappa shape index (κ2) is 12.2. The van der Waals surface area contributed by atoms with Crippen LogP contribution in [0.15, 0.2) is 48.7 Å². The predicted molar refractivity (Wildman–Crippen MR) is 156 cm³/mol. The molecule has 1 aromatic heterocycles. The predicted octanol–water partition coefficient (Wildman–Crippen LogP) is 4.40. The van der Waals surface area contributed by atoms with Crippen molar-refractivity contribution in [2.45, 2.75) is 37.6 Å². The number of hydrogen-bond acceptors (Lipinski definition) is 5. The zero-order valence-electron chi connectivity index (χ0n) is 23.2. The highest BCUT2D eigenvalue weighted by molar-refractivity contribution is 7.92. The lowest BCUT2D eigenvalue weighted by Gasteiger charge is -2.41. The first-order valence-electron chi connectivity index (χ1n) is 14.0. The highest BCUT2D eigenvalue weighted by Crippen LogP contribution is 2.36. The summed E-state index contributed by atoms with van der Waals surface area (Å²) in [4.78, 5) is 32.0. The third kappa shape index (κ3) is 6.99. The van der Waals surface area contributed by atoms with Crippen molar-refractivity contribution in [3.63, 3.8) is 0 Å². The number of aromatic nitrogens is 1. The topological polar surface area (TPSA) is 123 Å². The maximum Gasteiger partial charge on any atom is 0.321 e. The quantitative estimate of drug-likeness (QED) is 0.330. The molecule has 224 valence electrons. The van der Waals surface area contributed by atoms with Crippen LogP contribution in [0.4, 0.5) is 14.5 Å². The standard InChI is InChI=1S/C30H34F2N4O5S/c1-42(40,41)34-24-3-4-27-25(17-24)26(18-33-27)20-6-12-36(13-7-20)29(30(38)39)21-8-10-35(11-9-21)28(37)5-2-19-14-22(31)16-23(32)15-19/h2-5,14-18,20-21,29,33-34H,6-13H2,1H3,(H,38,39)/b5-2+. The van der Waals surface area contributed by atoms with E-state index in [0.29, 0.717) is 44.7 Å². The first kappa shape index (κ1) is 29.7. The minimum absolute atomic E-state index is 0.109. The summed E-state index contributed by atoms with van der Waals surface area (Å²) in [5.74, 6) is -2.49. The number of nitrogens with one attached hydrogen (secondary N) is 2. The van der Waals surface area contributed by atoms with Gasteiger partial charge in [-0.25, -0.2) is 17.2 Å². The van der Waals surface area contributed by atoms with Gasteiger partial charge in [0.05, 0.1) is 6.26 Å². The number of aliphatic carboxylic acids is 1. The summed E-state index contributed by atoms with van der Waals surface area (Å²) in [6, 6.07) is 7.79. The van der Waals surface area contributed by atoms with E-state index in [2.05, 4.69) is 9.71 Å². The summed E-state index contributed by atoms with van der Waals surface area (Å²) in [6.45, 7) is 2.04. The van der Waals surface area contributed by atoms with Crippen molar-refractivity contribution in [3.05, 3.63) is 71.4 Å². The second-order valence-corrected chi connectivity index (χ2v) is 12.9. The Kier molecular flexibility index (Phi) is 8.65. The van der Waals surface area contributed by atoms with Crippen LogP contribution >= 0.6 is 0 Å². The number of piperidine rings is 2. The van der Waals surface area contributed by atoms with Crippen molar-refractivity contribution >= 4 is 44.6 Å². The van der Waals surface area contributed by atoms with E-state index in [9.17, 15) is 31.9 Å². The molecule has 5 rings (SSSR count). The smallest absolute Gasteiger partial charge is 0.321 e. The van der Waals surface area contributed by atoms with Crippen LogP contribution in [0.1, 0.15) is 42.7 Å². The molecular formula is C30H34F2N4O5S. The molecule has 9 nitrogen and oxygen atoms in total. The molecule has 3 N–H and O–H groups in total. The van der Waals surface area contributed by atoms with Gasteiger partial charge in [0, 0.05) is 48.0 Å². The first-order chi connectivity index (χ1) is 20.0. The van der Waals surface area contributed by atoms with Gasteiger partial charge in [-0.2, -0.15) is 0 Å². The lowest BCUT2D eigenvalue weighted by Crippen LogP contribution is -2.52. The Hall–Kier alpha value is -3.77. The average Bonchev–Trinajstić information content (AvgIpc) is 3.34. The molecule has 0 bridgehead atoms. The van der Waals surface area contributed by atoms with Gasteiger partial charge >= 0.3 is 5.97 Å². The summed E-state index contributed by atoms with van der Waals surface area (Å²) in [5, 5.41) is 11.1. The molecule has 2 fully saturated rings. The highest BCUT2D eigenvalue weighted by atomic mass is 32.2. The van der Waals surface area contributed by atoms with Crippen LogP contribution in [0.3, 0.4) is 0 Å². The van der Waals surface area contributed by atoms with Gasteiger partial charge in [-0.1, -0.05) is 0 Å². The molecular weight excluding hydrogens is 566 g/mol. The summed E-state index contributed by atoms with van der Waals surface area (Å²) in [7, 11) is -3.40. The van der Waals surface area contributed by atoms with Crippen LogP contribution in [0.5, 0.6) is 0 Å². The number of carbonyl (C=O) groups excluding carboxylic acids is 1. The fraction of sp³-hybridized carbons (Fsp3) is 0.400. The van der Waals surface area contributed by atoms with E-state index in [1.54, 1.807) is 11.0 Å². The number of carboxylic acids is 1. The van der Waals surface area contributed by atoms with Crippen molar-refractivity contribution in [2.24, 2.45) is 5.92 Å². The molecule has 0 radical (unpaired) electrons. The Morgan fingerprint density at radius 2 is 1.69 bits per heavy atom. The molecule has 1 atom stereocenters. The van der Waals surface area contributed by atoms with E-state index in [-0.39, 0.29) is 23.3 Å². The number of rotatable bonds is 8. The molecule has 3 aromatic rings. The molecule has 0 saturated carbocycles. The van der Waals surface area contributed by atoms with Crippen LogP contribution in [0, 0.1) is 17.6 Å². The Morgan fingerprint density at radius 3 is 2.31 bits per heavy atom. The molecule has 3 heterocycles. The summed E-state index contributed by atoms with van der Waals surface area (Å²) >= 11 is 0. The van der Waals surface area contributed by atoms with E-state index >= 15 is 0 Å². The lowest BCUT2D eigenvalue weighted by atomic mass is 9.84. The molecule has 2 saturated heterocycles. The van der Waals surface area contributed by atoms with Crippen molar-refractivity contribution in [1.82, 2.24) is 14.8 Å². The zero-order chi connectivity index (χ0) is 30.0. The number of nitrogens with zero attached hydrogens (tertiary/aromatic N) is 2. The van der Waals surface area contributed by atoms with Crippen LogP contribution < -0.4 is 4.72 Å². The number of H-pyrrole nitrogens is 1. The van der Waals surface area contributed by atoms with Gasteiger partial charge in [0.15, 0.2) is 0 Å². The molecule has 1 amide bonds. The number of amides is 1. The summed E-state index contributed by atoms with van der Waals surface area (Å²) in [5.41, 5.74) is 2.75. The third-order valence-corrected chi connectivity index (χ3v) is 8.84. The number of hydrogen-bond donors (Lipinski definition) is 3. The van der Waals surface area contributed by atoms with Crippen molar-refractivity contribution in [2.75, 3.05) is 37.2 Å². The van der Waals surface area contributed by atoms with E-state index in [1.165, 1.54) is 12.2 Å². The first-order valence-corrected chi connectivity index (χ1v) is 15.8. The van der Waals surface area contributed by atoms with E-state index in [1.807, 2.05) is 23.2 Å². The minimum atomic E-state index is -3.40. The number of carboxylic acid groups (broad SMARTS) is 1. The number of halogens is 2. The van der Waals surface area contributed by atoms with Gasteiger partial charge in [0.25, 0.3) is 0 Å². The molecule has 1 unspecified atom stereocenters. The van der Waals surface area contributed by atoms with Gasteiger partial charge in [-0.15, -0.1) is 0 Å². The van der Waals surface area contributed by atoms with Crippen molar-refractivity contribution < 1.29 is 31.9 Å². The molecule has 0 spiro atoms. The van der Waals surface area contributed by atoms with Crippen molar-refractivity contribution in [3.8, 4) is 0 Å². The molecule has 2 aliphatic rings. The fourth-order valence-electron chi connectivity index (χ4n) is 6.28. The van der Waals surface area contributed by atoms with Gasteiger partial charge < -0.3 is 15.0 Å². The highest BCUT2D eigenvalue weighted by Gasteiger charge is 2.38. The largest absolute Gasteiger partial charge is 0.480 e. The Labute approximate surface area is 243 Å². The molecule has 42 heavy (non-hydrogen) atoms. The molecule has 12 heteroatoms. The maximum atomic E-state index is 13.4. The number of anilines is 1. The number of aromatic amines is 1. The maximum absolute atomic E-state index is 13.4. The SMILES string of the molecule is CS(=O)(=O)Nc1ccc2[nH]cc(C3CCN(C(C(=O)O)C4CCN(C(=O)/C=C/c5cc(F)cc(F)c5)CC4)CC3)c2c1. The molecule has 2 aliphatic heterocycles. The lowest BCUT2D eigenvalue weighted by molar-refractivity contribution is -0.147. The van der Waals surface area contributed by atoms with Crippen LogP contribution in [0.25, 0.3) is 17.0 Å². The van der Waals surface area contributed by atoms with E-state index in [0.717, 1.165) is 53.8 Å². The average molecular weight is 601 g/mol. The Bertz CT molecular complexity index is 1590. The fourth-order valence-corrected chi connectivity index (χ4v) is 6.84. The van der Waals surface area contributed by atoms with E-state index < -0.39 is 33.7 Å². The van der Waals surface area contributed by atoms with Crippen LogP contribution in [-0.2, 0) is 19.6 Å². The molecule has 2 aromatic carbocycles. The van der Waals surface area contributed by atoms with Crippen LogP contribution in [0.2, 0.25) is 0 Å². The Balaban J connectivity index is 1.18. The van der Waals surface area contributed by atoms with Gasteiger partial charge in [0.1, 0.15) is 17.7 Å². The number of likely N-dealkylation sites (tertiary alicyclic amines) is 2. The number of benzene rings is 2. The second-order valence-electron chi connectivity index (χ2n) is 11.2. The third-order valence-electron chi connectivity index (χ3n) is 8.23. The van der Waals surface area contributed by atoms with Crippen LogP contribution in [-0.4, -0.2) is 78.7 Å². The Morgan fingerprint density at radius 1 is 1.02 bits per heavy atom. The van der Waals surface area contributed by atoms with Gasteiger partial charge in [-0.3, -0.25) is 19.2 Å². The van der Waals surface area contributed by atoms with Gasteiger partial charge in [-0.05, 0) is 98.1 Å². The molecule has 0 aliphatic carbocycles. The number of fused-ring (bicyclic) bond motifs is 1. The van der Waals surface area contributed by atoms with Crippen molar-refractivity contribution in [1.29, 1.82) is 0 Å². The minimum Gasteiger partial charge on any atom is -0.480 e. The van der Waals surface area contributed by atoms with E-state index in [4.69, 9.17) is 0 Å².